The van der Waals surface area contributed by atoms with E-state index in [0.29, 0.717) is 25.3 Å². The van der Waals surface area contributed by atoms with Gasteiger partial charge in [-0.1, -0.05) is 40.0 Å². The van der Waals surface area contributed by atoms with Crippen LogP contribution in [0.25, 0.3) is 0 Å². The van der Waals surface area contributed by atoms with E-state index >= 15 is 0 Å². The van der Waals surface area contributed by atoms with Gasteiger partial charge in [-0.15, -0.1) is 0 Å². The fourth-order valence-electron chi connectivity index (χ4n) is 1.85. The molecule has 0 aromatic carbocycles. The fraction of sp³-hybridized carbons (Fsp3) is 0.867. The van der Waals surface area contributed by atoms with Gasteiger partial charge in [-0.05, 0) is 25.2 Å². The van der Waals surface area contributed by atoms with E-state index in [1.807, 2.05) is 0 Å². The molecule has 0 fully saturated rings. The molecule has 2 N–H and O–H groups in total. The molecule has 1 amide bonds. The van der Waals surface area contributed by atoms with Crippen LogP contribution in [0.3, 0.4) is 0 Å². The number of carboxylic acids is 1. The first-order valence-corrected chi connectivity index (χ1v) is 7.43. The summed E-state index contributed by atoms with van der Waals surface area (Å²) in [6.07, 6.45) is 6.25. The molecule has 0 rings (SSSR count). The highest BCUT2D eigenvalue weighted by atomic mass is 16.4. The molecule has 0 aliphatic rings. The third-order valence-corrected chi connectivity index (χ3v) is 3.24. The lowest BCUT2D eigenvalue weighted by atomic mass is 10.0. The Morgan fingerprint density at radius 3 is 2.21 bits per heavy atom. The van der Waals surface area contributed by atoms with Crippen molar-refractivity contribution in [3.8, 4) is 0 Å². The maximum atomic E-state index is 11.5. The minimum absolute atomic E-state index is 0.120. The summed E-state index contributed by atoms with van der Waals surface area (Å²) in [5.74, 6) is -0.199. The molecule has 0 radical (unpaired) electrons. The third-order valence-electron chi connectivity index (χ3n) is 3.24. The zero-order valence-corrected chi connectivity index (χ0v) is 12.6. The normalized spacial score (nSPS) is 12.4. The summed E-state index contributed by atoms with van der Waals surface area (Å²) in [7, 11) is 0. The Morgan fingerprint density at radius 2 is 1.63 bits per heavy atom. The second-order valence-electron chi connectivity index (χ2n) is 5.72. The van der Waals surface area contributed by atoms with Crippen LogP contribution in [-0.4, -0.2) is 23.5 Å². The van der Waals surface area contributed by atoms with E-state index in [-0.39, 0.29) is 11.8 Å². The lowest BCUT2D eigenvalue weighted by molar-refractivity contribution is -0.141. The molecule has 0 saturated carbocycles. The van der Waals surface area contributed by atoms with Crippen molar-refractivity contribution in [1.29, 1.82) is 0 Å². The molecule has 0 aromatic rings. The summed E-state index contributed by atoms with van der Waals surface area (Å²) in [6, 6.07) is 0. The van der Waals surface area contributed by atoms with Gasteiger partial charge in [-0.3, -0.25) is 9.59 Å². The van der Waals surface area contributed by atoms with Crippen molar-refractivity contribution < 1.29 is 14.7 Å². The van der Waals surface area contributed by atoms with E-state index in [4.69, 9.17) is 5.11 Å². The first-order chi connectivity index (χ1) is 8.93. The SMILES string of the molecule is CC(C)CCCCC(=O)NCCCCC(C)C(=O)O. The maximum Gasteiger partial charge on any atom is 0.306 e. The molecule has 0 heterocycles. The third kappa shape index (κ3) is 11.7. The number of carbonyl (C=O) groups excluding carboxylic acids is 1. The molecule has 0 bridgehead atoms. The van der Waals surface area contributed by atoms with E-state index < -0.39 is 5.97 Å². The lowest BCUT2D eigenvalue weighted by Crippen LogP contribution is -2.24. The van der Waals surface area contributed by atoms with Crippen LogP contribution in [0.4, 0.5) is 0 Å². The number of hydrogen-bond acceptors (Lipinski definition) is 2. The Bertz CT molecular complexity index is 264. The number of unbranched alkanes of at least 4 members (excludes halogenated alkanes) is 2. The van der Waals surface area contributed by atoms with Crippen LogP contribution < -0.4 is 5.32 Å². The Hall–Kier alpha value is -1.06. The molecule has 0 saturated heterocycles. The van der Waals surface area contributed by atoms with Crippen LogP contribution in [-0.2, 0) is 9.59 Å². The Balaban J connectivity index is 3.36. The number of carboxylic acid groups (broad SMARTS) is 1. The zero-order chi connectivity index (χ0) is 14.7. The van der Waals surface area contributed by atoms with Gasteiger partial charge in [-0.2, -0.15) is 0 Å². The van der Waals surface area contributed by atoms with Gasteiger partial charge in [0.25, 0.3) is 0 Å². The zero-order valence-electron chi connectivity index (χ0n) is 12.6. The number of hydrogen-bond donors (Lipinski definition) is 2. The van der Waals surface area contributed by atoms with Crippen molar-refractivity contribution in [3.63, 3.8) is 0 Å². The quantitative estimate of drug-likeness (QED) is 0.567. The predicted molar refractivity (Wildman–Crippen MR) is 77.0 cm³/mol. The van der Waals surface area contributed by atoms with Gasteiger partial charge in [0.2, 0.25) is 5.91 Å². The van der Waals surface area contributed by atoms with Gasteiger partial charge >= 0.3 is 5.97 Å². The number of aliphatic carboxylic acids is 1. The molecule has 0 aliphatic heterocycles. The second kappa shape index (κ2) is 10.8. The molecule has 1 atom stereocenters. The Labute approximate surface area is 117 Å². The first kappa shape index (κ1) is 17.9. The number of carbonyl (C=O) groups is 2. The minimum atomic E-state index is -0.741. The molecule has 0 spiro atoms. The highest BCUT2D eigenvalue weighted by Gasteiger charge is 2.09. The largest absolute Gasteiger partial charge is 0.481 e. The molecular formula is C15H29NO3. The van der Waals surface area contributed by atoms with E-state index in [1.165, 1.54) is 6.42 Å². The Kier molecular flexibility index (Phi) is 10.2. The number of nitrogens with one attached hydrogen (secondary N) is 1. The number of rotatable bonds is 11. The molecule has 19 heavy (non-hydrogen) atoms. The fourth-order valence-corrected chi connectivity index (χ4v) is 1.85. The second-order valence-corrected chi connectivity index (χ2v) is 5.72. The Morgan fingerprint density at radius 1 is 1.00 bits per heavy atom. The molecular weight excluding hydrogens is 242 g/mol. The maximum absolute atomic E-state index is 11.5. The summed E-state index contributed by atoms with van der Waals surface area (Å²) >= 11 is 0. The predicted octanol–water partition coefficient (Wildman–Crippen LogP) is 3.21. The monoisotopic (exact) mass is 271 g/mol. The van der Waals surface area contributed by atoms with Crippen LogP contribution >= 0.6 is 0 Å². The van der Waals surface area contributed by atoms with E-state index in [0.717, 1.165) is 25.7 Å². The molecule has 4 heteroatoms. The van der Waals surface area contributed by atoms with Crippen molar-refractivity contribution >= 4 is 11.9 Å². The topological polar surface area (TPSA) is 66.4 Å². The van der Waals surface area contributed by atoms with Crippen molar-refractivity contribution in [2.24, 2.45) is 11.8 Å². The number of amides is 1. The highest BCUT2D eigenvalue weighted by molar-refractivity contribution is 5.75. The highest BCUT2D eigenvalue weighted by Crippen LogP contribution is 2.08. The standard InChI is InChI=1S/C15H29NO3/c1-12(2)8-4-5-10-14(17)16-11-7-6-9-13(3)15(18)19/h12-13H,4-11H2,1-3H3,(H,16,17)(H,18,19). The first-order valence-electron chi connectivity index (χ1n) is 7.43. The van der Waals surface area contributed by atoms with Crippen LogP contribution in [0.2, 0.25) is 0 Å². The van der Waals surface area contributed by atoms with E-state index in [1.54, 1.807) is 6.92 Å². The van der Waals surface area contributed by atoms with Gasteiger partial charge in [0.05, 0.1) is 5.92 Å². The van der Waals surface area contributed by atoms with E-state index in [2.05, 4.69) is 19.2 Å². The van der Waals surface area contributed by atoms with Crippen LogP contribution in [0.15, 0.2) is 0 Å². The molecule has 112 valence electrons. The average molecular weight is 271 g/mol. The summed E-state index contributed by atoms with van der Waals surface area (Å²) in [6.45, 7) is 6.77. The summed E-state index contributed by atoms with van der Waals surface area (Å²) in [5.41, 5.74) is 0. The molecule has 0 aromatic heterocycles. The summed E-state index contributed by atoms with van der Waals surface area (Å²) < 4.78 is 0. The van der Waals surface area contributed by atoms with Crippen LogP contribution in [0.5, 0.6) is 0 Å². The van der Waals surface area contributed by atoms with Gasteiger partial charge < -0.3 is 10.4 Å². The average Bonchev–Trinajstić information content (AvgIpc) is 2.33. The van der Waals surface area contributed by atoms with Gasteiger partial charge in [-0.25, -0.2) is 0 Å². The minimum Gasteiger partial charge on any atom is -0.481 e. The summed E-state index contributed by atoms with van der Waals surface area (Å²) in [5, 5.41) is 11.6. The van der Waals surface area contributed by atoms with Gasteiger partial charge in [0.1, 0.15) is 0 Å². The van der Waals surface area contributed by atoms with E-state index in [9.17, 15) is 9.59 Å². The van der Waals surface area contributed by atoms with Crippen LogP contribution in [0.1, 0.15) is 65.7 Å². The van der Waals surface area contributed by atoms with Crippen LogP contribution in [0, 0.1) is 11.8 Å². The van der Waals surface area contributed by atoms with Crippen molar-refractivity contribution in [3.05, 3.63) is 0 Å². The van der Waals surface area contributed by atoms with Crippen molar-refractivity contribution in [1.82, 2.24) is 5.32 Å². The van der Waals surface area contributed by atoms with Gasteiger partial charge in [0, 0.05) is 13.0 Å². The molecule has 0 aliphatic carbocycles. The van der Waals surface area contributed by atoms with Crippen molar-refractivity contribution in [2.75, 3.05) is 6.54 Å². The van der Waals surface area contributed by atoms with Gasteiger partial charge in [0.15, 0.2) is 0 Å². The summed E-state index contributed by atoms with van der Waals surface area (Å²) in [4.78, 5) is 22.1. The molecule has 1 unspecified atom stereocenters. The lowest BCUT2D eigenvalue weighted by Gasteiger charge is -2.07. The molecule has 4 nitrogen and oxygen atoms in total. The van der Waals surface area contributed by atoms with Crippen molar-refractivity contribution in [2.45, 2.75) is 65.7 Å². The smallest absolute Gasteiger partial charge is 0.306 e.